The molecule has 0 saturated heterocycles. The van der Waals surface area contributed by atoms with Gasteiger partial charge in [0.15, 0.2) is 0 Å². The van der Waals surface area contributed by atoms with Crippen LogP contribution in [0, 0.1) is 0 Å². The van der Waals surface area contributed by atoms with Gasteiger partial charge in [-0.05, 0) is 6.92 Å². The van der Waals surface area contributed by atoms with Gasteiger partial charge >= 0.3 is 5.97 Å². The van der Waals surface area contributed by atoms with Gasteiger partial charge in [-0.25, -0.2) is 0 Å². The molecule has 0 fully saturated rings. The smallest absolute Gasteiger partial charge is 0.305 e. The van der Waals surface area contributed by atoms with Crippen molar-refractivity contribution in [2.45, 2.75) is 13.3 Å². The van der Waals surface area contributed by atoms with Crippen molar-refractivity contribution in [1.82, 2.24) is 15.1 Å². The zero-order valence-electron chi connectivity index (χ0n) is 28.3. The van der Waals surface area contributed by atoms with Gasteiger partial charge in [-0.15, -0.1) is 0 Å². The third-order valence-electron chi connectivity index (χ3n) is 6.32. The van der Waals surface area contributed by atoms with E-state index in [1.54, 1.807) is 0 Å². The quantitative estimate of drug-likeness (QED) is 0.0598. The Kier molecular flexibility index (Phi) is 28.7. The summed E-state index contributed by atoms with van der Waals surface area (Å²) in [6, 6.07) is 0. The molecule has 0 unspecified atom stereocenters. The molecule has 17 heteroatoms. The number of carboxylic acid groups (broad SMARTS) is 1. The summed E-state index contributed by atoms with van der Waals surface area (Å²) in [6.45, 7) is 11.9. The van der Waals surface area contributed by atoms with Gasteiger partial charge in [0.05, 0.1) is 119 Å². The Morgan fingerprint density at radius 2 is 0.979 bits per heavy atom. The van der Waals surface area contributed by atoms with E-state index in [-0.39, 0.29) is 32.7 Å². The molecule has 0 saturated carbocycles. The summed E-state index contributed by atoms with van der Waals surface area (Å²) < 4.78 is 49.4. The number of nitrogens with one attached hydrogen (secondary N) is 1. The zero-order chi connectivity index (χ0) is 34.9. The number of imide groups is 1. The summed E-state index contributed by atoms with van der Waals surface area (Å²) in [5.41, 5.74) is 0. The molecule has 3 amide bonds. The number of aliphatic carboxylic acids is 1. The van der Waals surface area contributed by atoms with Crippen LogP contribution in [0.5, 0.6) is 0 Å². The van der Waals surface area contributed by atoms with E-state index in [2.05, 4.69) is 10.2 Å². The van der Waals surface area contributed by atoms with Crippen LogP contribution < -0.4 is 5.32 Å². The first-order chi connectivity index (χ1) is 23.4. The van der Waals surface area contributed by atoms with Gasteiger partial charge in [0, 0.05) is 44.9 Å². The second-order valence-corrected chi connectivity index (χ2v) is 10.0. The molecule has 17 nitrogen and oxygen atoms in total. The third-order valence-corrected chi connectivity index (χ3v) is 6.32. The molecule has 0 aliphatic carbocycles. The zero-order valence-corrected chi connectivity index (χ0v) is 28.3. The van der Waals surface area contributed by atoms with Gasteiger partial charge < -0.3 is 53.1 Å². The first-order valence-electron chi connectivity index (χ1n) is 16.4. The van der Waals surface area contributed by atoms with Crippen LogP contribution in [-0.2, 0) is 61.8 Å². The Morgan fingerprint density at radius 3 is 1.40 bits per heavy atom. The Hall–Kier alpha value is -2.58. The van der Waals surface area contributed by atoms with E-state index in [9.17, 15) is 19.2 Å². The standard InChI is InChI=1S/C31H55N3O14/c1-2-40-15-16-46-24-19-43-12-7-33(8-13-44-20-25-47-22-17-41-10-5-31(38)39)9-14-45-21-26-48-23-18-42-11-6-32-28(35)27-34-29(36)3-4-30(34)37/h3-4H,2,5-27H2,1H3,(H,32,35)(H,38,39). The molecule has 0 aromatic carbocycles. The molecule has 1 rings (SSSR count). The van der Waals surface area contributed by atoms with Crippen LogP contribution >= 0.6 is 0 Å². The molecule has 2 N–H and O–H groups in total. The van der Waals surface area contributed by atoms with Gasteiger partial charge in [0.25, 0.3) is 11.8 Å². The molecule has 0 aromatic rings. The summed E-state index contributed by atoms with van der Waals surface area (Å²) in [6.07, 6.45) is 2.24. The first kappa shape index (κ1) is 43.4. The van der Waals surface area contributed by atoms with Crippen molar-refractivity contribution in [2.24, 2.45) is 0 Å². The van der Waals surface area contributed by atoms with Crippen molar-refractivity contribution in [3.05, 3.63) is 12.2 Å². The number of rotatable bonds is 36. The molecular formula is C31H55N3O14. The summed E-state index contributed by atoms with van der Waals surface area (Å²) >= 11 is 0. The SMILES string of the molecule is CCOCCOCCOCCN(CCOCCOCCOCCNC(=O)CN1C(=O)C=CC1=O)CCOCCOCCOCCC(=O)O. The number of hydrogen-bond donors (Lipinski definition) is 2. The number of carbonyl (C=O) groups excluding carboxylic acids is 3. The highest BCUT2D eigenvalue weighted by Gasteiger charge is 2.25. The van der Waals surface area contributed by atoms with Crippen molar-refractivity contribution >= 4 is 23.7 Å². The Balaban J connectivity index is 2.07. The van der Waals surface area contributed by atoms with Crippen molar-refractivity contribution in [3.8, 4) is 0 Å². The lowest BCUT2D eigenvalue weighted by Gasteiger charge is -2.22. The van der Waals surface area contributed by atoms with Gasteiger partial charge in [-0.3, -0.25) is 29.0 Å². The molecule has 0 aromatic heterocycles. The van der Waals surface area contributed by atoms with Crippen LogP contribution in [0.3, 0.4) is 0 Å². The lowest BCUT2D eigenvalue weighted by atomic mass is 10.4. The first-order valence-corrected chi connectivity index (χ1v) is 16.4. The van der Waals surface area contributed by atoms with Crippen LogP contribution in [0.2, 0.25) is 0 Å². The minimum atomic E-state index is -0.890. The summed E-state index contributed by atoms with van der Waals surface area (Å²) in [5.74, 6) is -2.32. The predicted molar refractivity (Wildman–Crippen MR) is 171 cm³/mol. The summed E-state index contributed by atoms with van der Waals surface area (Å²) in [5, 5.41) is 11.2. The van der Waals surface area contributed by atoms with Crippen molar-refractivity contribution in [2.75, 3.05) is 152 Å². The van der Waals surface area contributed by atoms with Crippen LogP contribution in [0.4, 0.5) is 0 Å². The molecule has 1 aliphatic rings. The van der Waals surface area contributed by atoms with Crippen molar-refractivity contribution in [3.63, 3.8) is 0 Å². The molecule has 1 heterocycles. The van der Waals surface area contributed by atoms with Gasteiger partial charge in [-0.1, -0.05) is 0 Å². The number of amides is 3. The highest BCUT2D eigenvalue weighted by atomic mass is 16.6. The van der Waals surface area contributed by atoms with Gasteiger partial charge in [0.2, 0.25) is 5.91 Å². The Labute approximate surface area is 283 Å². The maximum Gasteiger partial charge on any atom is 0.305 e. The number of carboxylic acids is 1. The van der Waals surface area contributed by atoms with E-state index >= 15 is 0 Å². The molecule has 0 atom stereocenters. The average Bonchev–Trinajstić information content (AvgIpc) is 3.38. The van der Waals surface area contributed by atoms with E-state index < -0.39 is 23.7 Å². The van der Waals surface area contributed by atoms with Crippen LogP contribution in [0.1, 0.15) is 13.3 Å². The molecule has 48 heavy (non-hydrogen) atoms. The van der Waals surface area contributed by atoms with Crippen molar-refractivity contribution < 1.29 is 66.9 Å². The second kappa shape index (κ2) is 31.7. The Bertz CT molecular complexity index is 861. The number of hydrogen-bond acceptors (Lipinski definition) is 14. The fourth-order valence-corrected chi connectivity index (χ4v) is 3.79. The monoisotopic (exact) mass is 693 g/mol. The lowest BCUT2D eigenvalue weighted by molar-refractivity contribution is -0.141. The average molecular weight is 694 g/mol. The molecule has 0 bridgehead atoms. The fourth-order valence-electron chi connectivity index (χ4n) is 3.79. The molecule has 0 spiro atoms. The van der Waals surface area contributed by atoms with E-state index in [0.717, 1.165) is 17.1 Å². The molecular weight excluding hydrogens is 638 g/mol. The largest absolute Gasteiger partial charge is 0.481 e. The van der Waals surface area contributed by atoms with Gasteiger partial charge in [0.1, 0.15) is 6.54 Å². The normalized spacial score (nSPS) is 12.9. The second-order valence-electron chi connectivity index (χ2n) is 10.0. The number of ether oxygens (including phenoxy) is 9. The Morgan fingerprint density at radius 1 is 0.604 bits per heavy atom. The maximum absolute atomic E-state index is 11.8. The molecule has 1 aliphatic heterocycles. The fraction of sp³-hybridized carbons (Fsp3) is 0.806. The van der Waals surface area contributed by atoms with Crippen LogP contribution in [0.15, 0.2) is 12.2 Å². The molecule has 278 valence electrons. The highest BCUT2D eigenvalue weighted by molar-refractivity contribution is 6.14. The van der Waals surface area contributed by atoms with Crippen LogP contribution in [0.25, 0.3) is 0 Å². The van der Waals surface area contributed by atoms with Gasteiger partial charge in [-0.2, -0.15) is 0 Å². The van der Waals surface area contributed by atoms with E-state index in [0.29, 0.717) is 125 Å². The van der Waals surface area contributed by atoms with E-state index in [1.165, 1.54) is 0 Å². The van der Waals surface area contributed by atoms with E-state index in [4.69, 9.17) is 47.7 Å². The maximum atomic E-state index is 11.8. The number of nitrogens with zero attached hydrogens (tertiary/aromatic N) is 2. The topological polar surface area (TPSA) is 190 Å². The summed E-state index contributed by atoms with van der Waals surface area (Å²) in [4.78, 5) is 48.3. The molecule has 0 radical (unpaired) electrons. The number of carbonyl (C=O) groups is 4. The predicted octanol–water partition coefficient (Wildman–Crippen LogP) is -1.03. The minimum Gasteiger partial charge on any atom is -0.481 e. The highest BCUT2D eigenvalue weighted by Crippen LogP contribution is 2.02. The minimum absolute atomic E-state index is 0.0244. The van der Waals surface area contributed by atoms with Crippen molar-refractivity contribution in [1.29, 1.82) is 0 Å². The van der Waals surface area contributed by atoms with Crippen LogP contribution in [-0.4, -0.2) is 190 Å². The lowest BCUT2D eigenvalue weighted by Crippen LogP contribution is -2.41. The van der Waals surface area contributed by atoms with E-state index in [1.807, 2.05) is 6.92 Å². The third kappa shape index (κ3) is 26.4. The summed E-state index contributed by atoms with van der Waals surface area (Å²) in [7, 11) is 0.